The third-order valence-electron chi connectivity index (χ3n) is 15.4. The van der Waals surface area contributed by atoms with Crippen LogP contribution in [0.1, 0.15) is 103 Å². The number of thioether (sulfide) groups is 2. The Morgan fingerprint density at radius 3 is 2.23 bits per heavy atom. The minimum absolute atomic E-state index is 0.0344. The van der Waals surface area contributed by atoms with Gasteiger partial charge in [0.2, 0.25) is 0 Å². The molecule has 0 radical (unpaired) electrons. The lowest BCUT2D eigenvalue weighted by atomic mass is 9.45. The van der Waals surface area contributed by atoms with Crippen molar-refractivity contribution in [2.24, 2.45) is 41.4 Å². The van der Waals surface area contributed by atoms with Gasteiger partial charge in [-0.15, -0.1) is 11.8 Å². The van der Waals surface area contributed by atoms with Crippen LogP contribution >= 0.6 is 23.5 Å². The van der Waals surface area contributed by atoms with Gasteiger partial charge in [-0.3, -0.25) is 0 Å². The van der Waals surface area contributed by atoms with Crippen molar-refractivity contribution in [3.8, 4) is 0 Å². The second kappa shape index (κ2) is 13.0. The van der Waals surface area contributed by atoms with E-state index in [4.69, 9.17) is 9.47 Å². The summed E-state index contributed by atoms with van der Waals surface area (Å²) in [5, 5.41) is 5.16. The molecule has 11 heteroatoms. The van der Waals surface area contributed by atoms with Crippen molar-refractivity contribution >= 4 is 23.5 Å². The first-order valence-electron chi connectivity index (χ1n) is 20.1. The molecule has 9 nitrogen and oxygen atoms in total. The van der Waals surface area contributed by atoms with E-state index in [1.54, 1.807) is 11.4 Å². The van der Waals surface area contributed by atoms with Gasteiger partial charge in [-0.2, -0.15) is 0 Å². The molecule has 48 heavy (non-hydrogen) atoms. The van der Waals surface area contributed by atoms with Gasteiger partial charge in [0.25, 0.3) is 0 Å². The fourth-order valence-corrected chi connectivity index (χ4v) is 16.0. The number of hydrogen-bond donors (Lipinski definition) is 5. The van der Waals surface area contributed by atoms with Crippen LogP contribution in [0.2, 0.25) is 0 Å². The molecule has 17 unspecified atom stereocenters. The summed E-state index contributed by atoms with van der Waals surface area (Å²) in [4.78, 5) is 6.19. The monoisotopic (exact) mass is 699 g/mol. The molecule has 6 aliphatic carbocycles. The molecule has 4 aliphatic heterocycles. The van der Waals surface area contributed by atoms with Crippen molar-refractivity contribution < 1.29 is 9.47 Å². The standard InChI is InChI=1S/C37H61N7O2S2/c1-19-39-41-36(47-19)44-27-17-16-22(45-2)18-25(27)31(34-40-42-37(46-3)48-34)35(44)43-28-13-5-4-12-26(28)38-32-23-10-6-8-20-14-15-21-9-7-11-24(33(32)43)30(21)29(20)23/h19-30,32-34,36-42H,4-18H2,1-3H3. The number of hydrogen-bond acceptors (Lipinski definition) is 11. The van der Waals surface area contributed by atoms with Crippen molar-refractivity contribution in [2.75, 3.05) is 14.2 Å². The van der Waals surface area contributed by atoms with Crippen LogP contribution in [-0.4, -0.2) is 82.1 Å². The fraction of sp³-hybridized carbons (Fsp3) is 0.946. The molecule has 9 fully saturated rings. The Kier molecular flexibility index (Phi) is 8.78. The van der Waals surface area contributed by atoms with Gasteiger partial charge in [-0.1, -0.05) is 50.3 Å². The zero-order valence-electron chi connectivity index (χ0n) is 29.4. The van der Waals surface area contributed by atoms with E-state index in [9.17, 15) is 0 Å². The van der Waals surface area contributed by atoms with E-state index < -0.39 is 0 Å². The number of nitrogens with one attached hydrogen (secondary N) is 5. The normalized spacial score (nSPS) is 52.9. The number of ether oxygens (including phenoxy) is 2. The number of methoxy groups -OCH3 is 2. The van der Waals surface area contributed by atoms with Crippen LogP contribution in [0.25, 0.3) is 0 Å². The summed E-state index contributed by atoms with van der Waals surface area (Å²) in [5.41, 5.74) is 16.6. The zero-order valence-corrected chi connectivity index (χ0v) is 31.1. The lowest BCUT2D eigenvalue weighted by Crippen LogP contribution is -2.76. The molecule has 10 rings (SSSR count). The summed E-state index contributed by atoms with van der Waals surface area (Å²) in [5.74, 6) is 7.60. The molecule has 6 saturated carbocycles. The van der Waals surface area contributed by atoms with E-state index in [1.165, 1.54) is 83.5 Å². The number of nitrogens with zero attached hydrogens (tertiary/aromatic N) is 2. The highest BCUT2D eigenvalue weighted by atomic mass is 32.2. The number of piperazine rings is 1. The number of rotatable bonds is 5. The van der Waals surface area contributed by atoms with Gasteiger partial charge in [0.15, 0.2) is 5.56 Å². The van der Waals surface area contributed by atoms with Crippen molar-refractivity contribution in [1.29, 1.82) is 0 Å². The first-order valence-corrected chi connectivity index (χ1v) is 22.0. The second-order valence-corrected chi connectivity index (χ2v) is 19.9. The molecule has 5 N–H and O–H groups in total. The van der Waals surface area contributed by atoms with Crippen molar-refractivity contribution in [3.63, 3.8) is 0 Å². The Bertz CT molecular complexity index is 1240. The van der Waals surface area contributed by atoms with Crippen LogP contribution in [0.15, 0.2) is 11.4 Å². The Balaban J connectivity index is 1.16. The highest BCUT2D eigenvalue weighted by Gasteiger charge is 2.64. The molecule has 268 valence electrons. The first-order chi connectivity index (χ1) is 23.6. The predicted octanol–water partition coefficient (Wildman–Crippen LogP) is 5.09. The van der Waals surface area contributed by atoms with Crippen LogP contribution < -0.4 is 27.0 Å². The minimum atomic E-state index is -0.0344. The molecule has 0 aromatic carbocycles. The molecule has 0 amide bonds. The lowest BCUT2D eigenvalue weighted by Gasteiger charge is -2.68. The van der Waals surface area contributed by atoms with Crippen LogP contribution in [-0.2, 0) is 9.47 Å². The van der Waals surface area contributed by atoms with Gasteiger partial charge in [-0.25, -0.2) is 21.7 Å². The van der Waals surface area contributed by atoms with E-state index >= 15 is 0 Å². The van der Waals surface area contributed by atoms with Crippen molar-refractivity contribution in [3.05, 3.63) is 11.4 Å². The topological polar surface area (TPSA) is 85.1 Å². The molecule has 3 saturated heterocycles. The highest BCUT2D eigenvalue weighted by Crippen LogP contribution is 2.63. The molecule has 0 spiro atoms. The third-order valence-corrected chi connectivity index (χ3v) is 17.8. The summed E-state index contributed by atoms with van der Waals surface area (Å²) < 4.78 is 12.1. The van der Waals surface area contributed by atoms with Crippen molar-refractivity contribution in [2.45, 2.75) is 161 Å². The maximum absolute atomic E-state index is 6.18. The average Bonchev–Trinajstić information content (AvgIpc) is 3.86. The SMILES string of the molecule is COC1CCC2C(C1)C(C1NNC(OC)S1)=C(N1C3CCCCC3NC3C4CCCC5CCC6CCCC(C6C54)C31)N2C1NNC(C)S1. The largest absolute Gasteiger partial charge is 0.381 e. The smallest absolute Gasteiger partial charge is 0.169 e. The van der Waals surface area contributed by atoms with Gasteiger partial charge in [0.05, 0.1) is 16.9 Å². The second-order valence-electron chi connectivity index (χ2n) is 17.3. The molecule has 4 heterocycles. The fourth-order valence-electron chi connectivity index (χ4n) is 13.9. The van der Waals surface area contributed by atoms with E-state index in [1.807, 2.05) is 26.0 Å². The van der Waals surface area contributed by atoms with Gasteiger partial charge in [-0.05, 0) is 100 Å². The first kappa shape index (κ1) is 32.4. The maximum Gasteiger partial charge on any atom is 0.169 e. The Morgan fingerprint density at radius 2 is 1.48 bits per heavy atom. The molecule has 0 bridgehead atoms. The van der Waals surface area contributed by atoms with E-state index in [0.29, 0.717) is 47.6 Å². The Labute approximate surface area is 297 Å². The van der Waals surface area contributed by atoms with E-state index in [2.05, 4.69) is 55.5 Å². The molecule has 0 aromatic rings. The Morgan fingerprint density at radius 1 is 0.688 bits per heavy atom. The van der Waals surface area contributed by atoms with Gasteiger partial charge in [0.1, 0.15) is 11.3 Å². The average molecular weight is 700 g/mol. The van der Waals surface area contributed by atoms with Crippen LogP contribution in [0, 0.1) is 41.4 Å². The number of fused-ring (bicyclic) bond motifs is 5. The lowest BCUT2D eigenvalue weighted by molar-refractivity contribution is -0.156. The third kappa shape index (κ3) is 5.05. The Hall–Kier alpha value is -0.240. The molecule has 10 aliphatic rings. The molecule has 0 aromatic heterocycles. The summed E-state index contributed by atoms with van der Waals surface area (Å²) in [6.07, 6.45) is 21.0. The van der Waals surface area contributed by atoms with Crippen molar-refractivity contribution in [1.82, 2.24) is 36.8 Å². The van der Waals surface area contributed by atoms with Crippen LogP contribution in [0.5, 0.6) is 0 Å². The number of hydrazine groups is 2. The molecule has 17 atom stereocenters. The van der Waals surface area contributed by atoms with E-state index in [0.717, 1.165) is 48.3 Å². The zero-order chi connectivity index (χ0) is 32.1. The van der Waals surface area contributed by atoms with Gasteiger partial charge in [0, 0.05) is 55.9 Å². The predicted molar refractivity (Wildman–Crippen MR) is 193 cm³/mol. The summed E-state index contributed by atoms with van der Waals surface area (Å²) >= 11 is 4.02. The summed E-state index contributed by atoms with van der Waals surface area (Å²) in [7, 11) is 3.79. The summed E-state index contributed by atoms with van der Waals surface area (Å²) in [6.45, 7) is 2.32. The summed E-state index contributed by atoms with van der Waals surface area (Å²) in [6, 6.07) is 2.87. The minimum Gasteiger partial charge on any atom is -0.381 e. The van der Waals surface area contributed by atoms with Crippen LogP contribution in [0.3, 0.4) is 0 Å². The molecular weight excluding hydrogens is 639 g/mol. The van der Waals surface area contributed by atoms with Gasteiger partial charge < -0.3 is 24.6 Å². The maximum atomic E-state index is 6.18. The van der Waals surface area contributed by atoms with E-state index in [-0.39, 0.29) is 16.4 Å². The van der Waals surface area contributed by atoms with Crippen LogP contribution in [0.4, 0.5) is 0 Å². The molecular formula is C37H61N7O2S2. The van der Waals surface area contributed by atoms with Gasteiger partial charge >= 0.3 is 0 Å². The quantitative estimate of drug-likeness (QED) is 0.266. The highest BCUT2D eigenvalue weighted by molar-refractivity contribution is 8.00.